The lowest BCUT2D eigenvalue weighted by molar-refractivity contribution is 0.199. The van der Waals surface area contributed by atoms with Crippen LogP contribution in [0.4, 0.5) is 10.1 Å². The van der Waals surface area contributed by atoms with E-state index in [9.17, 15) is 9.50 Å². The quantitative estimate of drug-likeness (QED) is 0.888. The molecule has 1 heterocycles. The molecule has 2 N–H and O–H groups in total. The van der Waals surface area contributed by atoms with Gasteiger partial charge in [-0.05, 0) is 44.5 Å². The van der Waals surface area contributed by atoms with Crippen LogP contribution in [0.25, 0.3) is 0 Å². The predicted octanol–water partition coefficient (Wildman–Crippen LogP) is 1.69. The van der Waals surface area contributed by atoms with Gasteiger partial charge in [0.1, 0.15) is 5.82 Å². The van der Waals surface area contributed by atoms with Crippen molar-refractivity contribution in [2.45, 2.75) is 26.4 Å². The molecule has 5 heteroatoms. The largest absolute Gasteiger partial charge is 0.395 e. The molecule has 21 heavy (non-hydrogen) atoms. The second-order valence-corrected chi connectivity index (χ2v) is 5.74. The first kappa shape index (κ1) is 16.2. The van der Waals surface area contributed by atoms with Crippen molar-refractivity contribution in [3.63, 3.8) is 0 Å². The Bertz CT molecular complexity index is 480. The van der Waals surface area contributed by atoms with E-state index in [0.29, 0.717) is 17.7 Å². The number of aliphatic hydroxyl groups excluding tert-OH is 2. The van der Waals surface area contributed by atoms with E-state index in [1.54, 1.807) is 13.8 Å². The van der Waals surface area contributed by atoms with Gasteiger partial charge in [-0.2, -0.15) is 0 Å². The van der Waals surface area contributed by atoms with Crippen LogP contribution in [0.5, 0.6) is 0 Å². The highest BCUT2D eigenvalue weighted by molar-refractivity contribution is 5.57. The monoisotopic (exact) mass is 296 g/mol. The number of anilines is 1. The average Bonchev–Trinajstić information content (AvgIpc) is 2.67. The fourth-order valence-corrected chi connectivity index (χ4v) is 2.87. The molecule has 0 spiro atoms. The van der Waals surface area contributed by atoms with Crippen LogP contribution in [0.3, 0.4) is 0 Å². The Morgan fingerprint density at radius 2 is 2.00 bits per heavy atom. The standard InChI is InChI=1S/C16H25FN2O2/c1-12-10-16(14(13(2)21)11-15(12)17)19-5-3-4-18(6-7-19)8-9-20/h10-11,13,20-21H,3-9H2,1-2H3/t13-/m1/s1. The number of aryl methyl sites for hydroxylation is 1. The van der Waals surface area contributed by atoms with Gasteiger partial charge in [-0.1, -0.05) is 0 Å². The molecule has 2 rings (SSSR count). The summed E-state index contributed by atoms with van der Waals surface area (Å²) in [6.07, 6.45) is 0.308. The van der Waals surface area contributed by atoms with E-state index in [2.05, 4.69) is 9.80 Å². The van der Waals surface area contributed by atoms with E-state index >= 15 is 0 Å². The lowest BCUT2D eigenvalue weighted by Crippen LogP contribution is -2.33. The zero-order chi connectivity index (χ0) is 15.4. The van der Waals surface area contributed by atoms with Crippen molar-refractivity contribution in [1.82, 2.24) is 4.90 Å². The number of hydrogen-bond acceptors (Lipinski definition) is 4. The highest BCUT2D eigenvalue weighted by atomic mass is 19.1. The van der Waals surface area contributed by atoms with Gasteiger partial charge in [0.15, 0.2) is 0 Å². The molecule has 0 bridgehead atoms. The van der Waals surface area contributed by atoms with E-state index in [-0.39, 0.29) is 12.4 Å². The van der Waals surface area contributed by atoms with Gasteiger partial charge in [-0.15, -0.1) is 0 Å². The van der Waals surface area contributed by atoms with Crippen molar-refractivity contribution in [2.75, 3.05) is 44.2 Å². The zero-order valence-corrected chi connectivity index (χ0v) is 12.8. The topological polar surface area (TPSA) is 46.9 Å². The molecule has 0 unspecified atom stereocenters. The molecule has 4 nitrogen and oxygen atoms in total. The number of rotatable bonds is 4. The van der Waals surface area contributed by atoms with Gasteiger partial charge in [-0.3, -0.25) is 4.90 Å². The summed E-state index contributed by atoms with van der Waals surface area (Å²) in [5, 5.41) is 19.0. The third kappa shape index (κ3) is 3.93. The number of benzene rings is 1. The van der Waals surface area contributed by atoms with Gasteiger partial charge in [0, 0.05) is 37.4 Å². The van der Waals surface area contributed by atoms with Crippen LogP contribution in [-0.2, 0) is 0 Å². The second kappa shape index (κ2) is 7.20. The SMILES string of the molecule is Cc1cc(N2CCCN(CCO)CC2)c([C@@H](C)O)cc1F. The summed E-state index contributed by atoms with van der Waals surface area (Å²) in [5.74, 6) is -0.272. The number of β-amino-alcohol motifs (C(OH)–C–C–N with tert-alkyl or cyclic N) is 1. The summed E-state index contributed by atoms with van der Waals surface area (Å²) in [4.78, 5) is 4.45. The van der Waals surface area contributed by atoms with Crippen molar-refractivity contribution in [1.29, 1.82) is 0 Å². The molecule has 1 fully saturated rings. The Morgan fingerprint density at radius 1 is 1.24 bits per heavy atom. The first-order valence-electron chi connectivity index (χ1n) is 7.59. The predicted molar refractivity (Wildman–Crippen MR) is 82.1 cm³/mol. The Labute approximate surface area is 125 Å². The Balaban J connectivity index is 2.22. The first-order chi connectivity index (χ1) is 10.0. The molecule has 1 aromatic carbocycles. The van der Waals surface area contributed by atoms with Crippen molar-refractivity contribution in [3.05, 3.63) is 29.1 Å². The van der Waals surface area contributed by atoms with Crippen molar-refractivity contribution in [2.24, 2.45) is 0 Å². The lowest BCUT2D eigenvalue weighted by atomic mass is 10.0. The molecule has 118 valence electrons. The van der Waals surface area contributed by atoms with E-state index in [1.807, 2.05) is 6.07 Å². The minimum atomic E-state index is -0.688. The average molecular weight is 296 g/mol. The number of hydrogen-bond donors (Lipinski definition) is 2. The van der Waals surface area contributed by atoms with E-state index < -0.39 is 6.10 Å². The van der Waals surface area contributed by atoms with Crippen LogP contribution in [0.15, 0.2) is 12.1 Å². The molecule has 1 saturated heterocycles. The van der Waals surface area contributed by atoms with E-state index in [0.717, 1.165) is 38.3 Å². The molecule has 0 radical (unpaired) electrons. The van der Waals surface area contributed by atoms with Gasteiger partial charge in [0.05, 0.1) is 12.7 Å². The van der Waals surface area contributed by atoms with Crippen LogP contribution in [-0.4, -0.2) is 54.4 Å². The summed E-state index contributed by atoms with van der Waals surface area (Å²) < 4.78 is 13.8. The van der Waals surface area contributed by atoms with Crippen LogP contribution < -0.4 is 4.90 Å². The maximum atomic E-state index is 13.8. The number of nitrogens with zero attached hydrogens (tertiary/aromatic N) is 2. The minimum absolute atomic E-state index is 0.175. The summed E-state index contributed by atoms with van der Waals surface area (Å²) in [6.45, 7) is 7.83. The Kier molecular flexibility index (Phi) is 5.56. The van der Waals surface area contributed by atoms with Crippen LogP contribution in [0.2, 0.25) is 0 Å². The van der Waals surface area contributed by atoms with Crippen LogP contribution in [0.1, 0.15) is 30.6 Å². The minimum Gasteiger partial charge on any atom is -0.395 e. The summed E-state index contributed by atoms with van der Waals surface area (Å²) >= 11 is 0. The van der Waals surface area contributed by atoms with E-state index in [1.165, 1.54) is 6.07 Å². The maximum Gasteiger partial charge on any atom is 0.126 e. The molecule has 1 aromatic rings. The van der Waals surface area contributed by atoms with Crippen LogP contribution >= 0.6 is 0 Å². The molecule has 0 aromatic heterocycles. The molecular weight excluding hydrogens is 271 g/mol. The van der Waals surface area contributed by atoms with Crippen molar-refractivity contribution < 1.29 is 14.6 Å². The van der Waals surface area contributed by atoms with Gasteiger partial charge < -0.3 is 15.1 Å². The van der Waals surface area contributed by atoms with Gasteiger partial charge in [0.2, 0.25) is 0 Å². The molecule has 0 saturated carbocycles. The fourth-order valence-electron chi connectivity index (χ4n) is 2.87. The number of halogens is 1. The highest BCUT2D eigenvalue weighted by Gasteiger charge is 2.20. The summed E-state index contributed by atoms with van der Waals surface area (Å²) in [6, 6.07) is 3.28. The van der Waals surface area contributed by atoms with Gasteiger partial charge in [0.25, 0.3) is 0 Å². The summed E-state index contributed by atoms with van der Waals surface area (Å²) in [7, 11) is 0. The maximum absolute atomic E-state index is 13.8. The molecule has 0 amide bonds. The molecule has 1 aliphatic rings. The molecular formula is C16H25FN2O2. The third-order valence-corrected chi connectivity index (χ3v) is 4.10. The molecule has 1 atom stereocenters. The van der Waals surface area contributed by atoms with Gasteiger partial charge in [-0.25, -0.2) is 4.39 Å². The first-order valence-corrected chi connectivity index (χ1v) is 7.59. The summed E-state index contributed by atoms with van der Waals surface area (Å²) in [5.41, 5.74) is 2.18. The van der Waals surface area contributed by atoms with Crippen molar-refractivity contribution >= 4 is 5.69 Å². The number of aliphatic hydroxyl groups is 2. The van der Waals surface area contributed by atoms with Crippen LogP contribution in [0, 0.1) is 12.7 Å². The second-order valence-electron chi connectivity index (χ2n) is 5.74. The van der Waals surface area contributed by atoms with Gasteiger partial charge >= 0.3 is 0 Å². The molecule has 0 aliphatic carbocycles. The third-order valence-electron chi connectivity index (χ3n) is 4.10. The molecule has 1 aliphatic heterocycles. The van der Waals surface area contributed by atoms with E-state index in [4.69, 9.17) is 5.11 Å². The van der Waals surface area contributed by atoms with Crippen molar-refractivity contribution in [3.8, 4) is 0 Å². The Hall–Kier alpha value is -1.17. The fraction of sp³-hybridized carbons (Fsp3) is 0.625. The normalized spacial score (nSPS) is 18.6. The zero-order valence-electron chi connectivity index (χ0n) is 12.8. The Morgan fingerprint density at radius 3 is 2.67 bits per heavy atom. The lowest BCUT2D eigenvalue weighted by Gasteiger charge is -2.27. The smallest absolute Gasteiger partial charge is 0.126 e. The highest BCUT2D eigenvalue weighted by Crippen LogP contribution is 2.30.